The molecule has 5 rings (SSSR count). The molecule has 4 aromatic rings. The molecule has 0 saturated carbocycles. The molecule has 0 amide bonds. The Morgan fingerprint density at radius 1 is 0.906 bits per heavy atom. The van der Waals surface area contributed by atoms with Crippen molar-refractivity contribution < 1.29 is 0 Å². The van der Waals surface area contributed by atoms with Crippen LogP contribution in [-0.2, 0) is 6.54 Å². The van der Waals surface area contributed by atoms with Gasteiger partial charge in [0, 0.05) is 30.3 Å². The maximum atomic E-state index is 5.84. The normalized spacial score (nSPS) is 18.1. The molecule has 6 heteroatoms. The van der Waals surface area contributed by atoms with Gasteiger partial charge in [0.2, 0.25) is 0 Å². The molecular formula is C26H25N5S. The summed E-state index contributed by atoms with van der Waals surface area (Å²) >= 11 is 5.84. The van der Waals surface area contributed by atoms with E-state index in [1.54, 1.807) is 0 Å². The molecule has 0 radical (unpaired) electrons. The van der Waals surface area contributed by atoms with Gasteiger partial charge in [0.15, 0.2) is 5.11 Å². The Morgan fingerprint density at radius 3 is 2.31 bits per heavy atom. The van der Waals surface area contributed by atoms with Gasteiger partial charge in [-0.2, -0.15) is 0 Å². The van der Waals surface area contributed by atoms with Crippen molar-refractivity contribution in [2.45, 2.75) is 32.5 Å². The molecule has 3 aromatic heterocycles. The first kappa shape index (κ1) is 20.4. The number of nitrogens with one attached hydrogen (secondary N) is 1. The Balaban J connectivity index is 1.62. The van der Waals surface area contributed by atoms with Gasteiger partial charge in [0.25, 0.3) is 0 Å². The Hall–Kier alpha value is -3.51. The van der Waals surface area contributed by atoms with Crippen LogP contribution in [0.15, 0.2) is 85.2 Å². The lowest BCUT2D eigenvalue weighted by Crippen LogP contribution is -2.29. The molecule has 4 heterocycles. The second-order valence-corrected chi connectivity index (χ2v) is 8.48. The number of rotatable bonds is 5. The molecule has 0 bridgehead atoms. The van der Waals surface area contributed by atoms with Crippen molar-refractivity contribution in [1.29, 1.82) is 0 Å². The van der Waals surface area contributed by atoms with Crippen LogP contribution in [-0.4, -0.2) is 24.5 Å². The van der Waals surface area contributed by atoms with Crippen molar-refractivity contribution in [3.63, 3.8) is 0 Å². The van der Waals surface area contributed by atoms with E-state index in [0.717, 1.165) is 34.6 Å². The number of aryl methyl sites for hydroxylation is 1. The molecule has 0 aliphatic carbocycles. The average molecular weight is 440 g/mol. The van der Waals surface area contributed by atoms with Gasteiger partial charge in [-0.05, 0) is 67.5 Å². The molecule has 2 atom stereocenters. The van der Waals surface area contributed by atoms with E-state index in [2.05, 4.69) is 75.0 Å². The van der Waals surface area contributed by atoms with Crippen LogP contribution >= 0.6 is 12.2 Å². The maximum absolute atomic E-state index is 5.84. The van der Waals surface area contributed by atoms with E-state index >= 15 is 0 Å². The maximum Gasteiger partial charge on any atom is 0.170 e. The van der Waals surface area contributed by atoms with Gasteiger partial charge in [-0.15, -0.1) is 0 Å². The predicted molar refractivity (Wildman–Crippen MR) is 130 cm³/mol. The Bertz CT molecular complexity index is 1220. The van der Waals surface area contributed by atoms with Crippen LogP contribution in [0.3, 0.4) is 0 Å². The van der Waals surface area contributed by atoms with E-state index in [4.69, 9.17) is 12.2 Å². The first-order chi connectivity index (χ1) is 15.6. The molecular weight excluding hydrogens is 414 g/mol. The minimum absolute atomic E-state index is 0.0151. The fourth-order valence-electron chi connectivity index (χ4n) is 4.62. The van der Waals surface area contributed by atoms with Crippen molar-refractivity contribution in [1.82, 2.24) is 24.8 Å². The Kier molecular flexibility index (Phi) is 5.45. The predicted octanol–water partition coefficient (Wildman–Crippen LogP) is 5.06. The van der Waals surface area contributed by atoms with E-state index in [9.17, 15) is 0 Å². The number of pyridine rings is 2. The number of nitrogens with zero attached hydrogens (tertiary/aromatic N) is 4. The van der Waals surface area contributed by atoms with Crippen LogP contribution in [0.5, 0.6) is 0 Å². The second-order valence-electron chi connectivity index (χ2n) is 8.09. The number of aromatic nitrogens is 3. The molecule has 1 N–H and O–H groups in total. The zero-order valence-electron chi connectivity index (χ0n) is 18.1. The van der Waals surface area contributed by atoms with E-state index in [0.29, 0.717) is 0 Å². The third-order valence-electron chi connectivity index (χ3n) is 6.06. The topological polar surface area (TPSA) is 46.0 Å². The summed E-state index contributed by atoms with van der Waals surface area (Å²) in [6.45, 7) is 5.02. The van der Waals surface area contributed by atoms with E-state index < -0.39 is 0 Å². The minimum Gasteiger partial charge on any atom is -0.352 e. The number of thiocarbonyl (C=S) groups is 1. The van der Waals surface area contributed by atoms with Crippen molar-refractivity contribution in [2.75, 3.05) is 0 Å². The van der Waals surface area contributed by atoms with Crippen molar-refractivity contribution in [2.24, 2.45) is 0 Å². The second kappa shape index (κ2) is 8.55. The van der Waals surface area contributed by atoms with Gasteiger partial charge in [-0.1, -0.05) is 42.5 Å². The minimum atomic E-state index is -0.0369. The molecule has 160 valence electrons. The lowest BCUT2D eigenvalue weighted by Gasteiger charge is -2.28. The summed E-state index contributed by atoms with van der Waals surface area (Å²) in [6, 6.07) is 24.7. The van der Waals surface area contributed by atoms with E-state index in [1.165, 1.54) is 11.1 Å². The van der Waals surface area contributed by atoms with Crippen LogP contribution in [0.2, 0.25) is 0 Å². The van der Waals surface area contributed by atoms with Gasteiger partial charge < -0.3 is 14.8 Å². The van der Waals surface area contributed by atoms with Gasteiger partial charge in [-0.25, -0.2) is 4.98 Å². The summed E-state index contributed by atoms with van der Waals surface area (Å²) in [5, 5.41) is 4.30. The summed E-state index contributed by atoms with van der Waals surface area (Å²) in [5.41, 5.74) is 5.75. The highest BCUT2D eigenvalue weighted by Gasteiger charge is 2.41. The first-order valence-electron chi connectivity index (χ1n) is 10.8. The van der Waals surface area contributed by atoms with Gasteiger partial charge >= 0.3 is 0 Å². The Labute approximate surface area is 193 Å². The zero-order chi connectivity index (χ0) is 22.1. The van der Waals surface area contributed by atoms with Crippen molar-refractivity contribution in [3.05, 3.63) is 113 Å². The number of benzene rings is 1. The Morgan fingerprint density at radius 2 is 1.62 bits per heavy atom. The molecule has 5 nitrogen and oxygen atoms in total. The summed E-state index contributed by atoms with van der Waals surface area (Å²) in [4.78, 5) is 11.5. The molecule has 1 fully saturated rings. The summed E-state index contributed by atoms with van der Waals surface area (Å²) in [6.07, 6.45) is 3.67. The molecule has 1 aromatic carbocycles. The lowest BCUT2D eigenvalue weighted by molar-refractivity contribution is 0.310. The van der Waals surface area contributed by atoms with Crippen LogP contribution in [0, 0.1) is 13.8 Å². The number of hydrogen-bond donors (Lipinski definition) is 1. The third-order valence-corrected chi connectivity index (χ3v) is 6.41. The van der Waals surface area contributed by atoms with Crippen LogP contribution < -0.4 is 5.32 Å². The fourth-order valence-corrected chi connectivity index (χ4v) is 4.93. The van der Waals surface area contributed by atoms with Crippen molar-refractivity contribution >= 4 is 17.3 Å². The monoisotopic (exact) mass is 439 g/mol. The van der Waals surface area contributed by atoms with Crippen LogP contribution in [0.4, 0.5) is 0 Å². The zero-order valence-corrected chi connectivity index (χ0v) is 19.0. The molecule has 0 spiro atoms. The van der Waals surface area contributed by atoms with Gasteiger partial charge in [0.1, 0.15) is 5.82 Å². The highest BCUT2D eigenvalue weighted by Crippen LogP contribution is 2.42. The first-order valence-corrected chi connectivity index (χ1v) is 11.2. The van der Waals surface area contributed by atoms with Gasteiger partial charge in [-0.3, -0.25) is 4.98 Å². The smallest absolute Gasteiger partial charge is 0.170 e. The lowest BCUT2D eigenvalue weighted by atomic mass is 9.96. The average Bonchev–Trinajstić information content (AvgIpc) is 3.30. The number of hydrogen-bond acceptors (Lipinski definition) is 3. The van der Waals surface area contributed by atoms with E-state index in [1.807, 2.05) is 48.8 Å². The molecule has 1 aliphatic heterocycles. The highest BCUT2D eigenvalue weighted by atomic mass is 32.1. The van der Waals surface area contributed by atoms with Gasteiger partial charge in [0.05, 0.1) is 17.8 Å². The van der Waals surface area contributed by atoms with E-state index in [-0.39, 0.29) is 12.1 Å². The summed E-state index contributed by atoms with van der Waals surface area (Å²) in [5.74, 6) is 0.922. The van der Waals surface area contributed by atoms with Crippen LogP contribution in [0.25, 0.3) is 5.82 Å². The molecule has 1 aliphatic rings. The molecule has 32 heavy (non-hydrogen) atoms. The third kappa shape index (κ3) is 3.67. The summed E-state index contributed by atoms with van der Waals surface area (Å²) < 4.78 is 2.22. The largest absolute Gasteiger partial charge is 0.352 e. The highest BCUT2D eigenvalue weighted by molar-refractivity contribution is 7.80. The fraction of sp³-hybridized carbons (Fsp3) is 0.192. The van der Waals surface area contributed by atoms with Crippen molar-refractivity contribution in [3.8, 4) is 5.82 Å². The van der Waals surface area contributed by atoms with Crippen LogP contribution in [0.1, 0.15) is 40.3 Å². The summed E-state index contributed by atoms with van der Waals surface area (Å²) in [7, 11) is 0. The quantitative estimate of drug-likeness (QED) is 0.441. The standard InChI is InChI=1S/C26H25N5S/c1-18-16-21(19(2)31(18)23-13-7-9-15-28-23)25-24(22-12-6-8-14-27-22)29-26(32)30(25)17-20-10-4-3-5-11-20/h3-16,24-25H,17H2,1-2H3,(H,29,32)/t24-,25-/m1/s1. The molecule has 1 saturated heterocycles. The SMILES string of the molecule is Cc1cc([C@@H]2[C@@H](c3ccccn3)NC(=S)N2Cc2ccccc2)c(C)n1-c1ccccn1. The molecule has 0 unspecified atom stereocenters.